The first-order valence-corrected chi connectivity index (χ1v) is 9.61. The van der Waals surface area contributed by atoms with E-state index >= 15 is 0 Å². The van der Waals surface area contributed by atoms with Gasteiger partial charge in [-0.15, -0.1) is 6.58 Å². The minimum atomic E-state index is -0.814. The van der Waals surface area contributed by atoms with E-state index in [1.807, 2.05) is 36.1 Å². The second-order valence-corrected chi connectivity index (χ2v) is 7.41. The fourth-order valence-electron chi connectivity index (χ4n) is 3.59. The molecule has 1 fully saturated rings. The topological polar surface area (TPSA) is 81.7 Å². The van der Waals surface area contributed by atoms with E-state index < -0.39 is 5.97 Å². The van der Waals surface area contributed by atoms with Gasteiger partial charge in [-0.1, -0.05) is 45.0 Å². The maximum absolute atomic E-state index is 12.5. The third-order valence-corrected chi connectivity index (χ3v) is 5.12. The number of likely N-dealkylation sites (N-methyl/N-ethyl adjacent to an activating group) is 1. The van der Waals surface area contributed by atoms with Gasteiger partial charge in [0.05, 0.1) is 6.54 Å². The third kappa shape index (κ3) is 5.57. The number of amides is 2. The van der Waals surface area contributed by atoms with Gasteiger partial charge in [-0.25, -0.2) is 4.79 Å². The molecule has 0 saturated heterocycles. The highest BCUT2D eigenvalue weighted by Gasteiger charge is 2.34. The fourth-order valence-corrected chi connectivity index (χ4v) is 3.59. The molecular weight excluding hydrogens is 342 g/mol. The Morgan fingerprint density at radius 2 is 2.07 bits per heavy atom. The van der Waals surface area contributed by atoms with E-state index in [4.69, 9.17) is 5.11 Å². The number of carboxylic acid groups (broad SMARTS) is 1. The summed E-state index contributed by atoms with van der Waals surface area (Å²) >= 11 is 0. The number of aliphatic carboxylic acids is 1. The summed E-state index contributed by atoms with van der Waals surface area (Å²) in [5, 5.41) is 15.0. The molecule has 0 heterocycles. The summed E-state index contributed by atoms with van der Waals surface area (Å²) in [7, 11) is 0. The maximum atomic E-state index is 12.5. The van der Waals surface area contributed by atoms with Gasteiger partial charge in [0.15, 0.2) is 0 Å². The molecule has 0 aliphatic heterocycles. The molecule has 1 aliphatic rings. The van der Waals surface area contributed by atoms with Crippen LogP contribution in [0.25, 0.3) is 0 Å². The summed E-state index contributed by atoms with van der Waals surface area (Å²) in [6.07, 6.45) is 4.09. The van der Waals surface area contributed by atoms with Gasteiger partial charge in [-0.05, 0) is 42.9 Å². The molecule has 2 rings (SSSR count). The summed E-state index contributed by atoms with van der Waals surface area (Å²) < 4.78 is 0. The Morgan fingerprint density at radius 1 is 1.37 bits per heavy atom. The van der Waals surface area contributed by atoms with Crippen molar-refractivity contribution in [3.8, 4) is 0 Å². The average molecular weight is 373 g/mol. The molecule has 1 aromatic carbocycles. The molecule has 148 valence electrons. The van der Waals surface area contributed by atoms with Crippen LogP contribution >= 0.6 is 0 Å². The van der Waals surface area contributed by atoms with Crippen LogP contribution in [0.2, 0.25) is 0 Å². The molecule has 0 atom stereocenters. The van der Waals surface area contributed by atoms with Crippen LogP contribution in [0.1, 0.15) is 50.7 Å². The summed E-state index contributed by atoms with van der Waals surface area (Å²) in [5.41, 5.74) is 3.02. The van der Waals surface area contributed by atoms with Crippen LogP contribution in [0.4, 0.5) is 10.5 Å². The van der Waals surface area contributed by atoms with Crippen molar-refractivity contribution in [3.05, 3.63) is 42.0 Å². The van der Waals surface area contributed by atoms with Crippen LogP contribution in [-0.2, 0) is 11.2 Å². The minimum absolute atomic E-state index is 0.0484. The molecule has 6 nitrogen and oxygen atoms in total. The zero-order valence-corrected chi connectivity index (χ0v) is 16.5. The number of carbonyl (C=O) groups is 2. The van der Waals surface area contributed by atoms with E-state index in [9.17, 15) is 9.59 Å². The van der Waals surface area contributed by atoms with Crippen LogP contribution in [0.3, 0.4) is 0 Å². The second-order valence-electron chi connectivity index (χ2n) is 7.41. The van der Waals surface area contributed by atoms with E-state index in [1.54, 1.807) is 0 Å². The number of rotatable bonds is 9. The van der Waals surface area contributed by atoms with Gasteiger partial charge >= 0.3 is 12.0 Å². The van der Waals surface area contributed by atoms with Crippen molar-refractivity contribution in [2.45, 2.75) is 58.0 Å². The third-order valence-electron chi connectivity index (χ3n) is 5.12. The van der Waals surface area contributed by atoms with E-state index in [1.165, 1.54) is 0 Å². The summed E-state index contributed by atoms with van der Waals surface area (Å²) in [4.78, 5) is 25.4. The van der Waals surface area contributed by atoms with Gasteiger partial charge in [-0.3, -0.25) is 9.69 Å². The molecule has 0 aromatic heterocycles. The predicted octanol–water partition coefficient (Wildman–Crippen LogP) is 3.60. The highest BCUT2D eigenvalue weighted by molar-refractivity contribution is 5.91. The Balaban J connectivity index is 1.95. The SMILES string of the molecule is C=CCc1cccc(C(C)C)c1NC(=O)NC1CC(N(CC)CC(=O)O)C1. The van der Waals surface area contributed by atoms with Crippen molar-refractivity contribution >= 4 is 17.7 Å². The smallest absolute Gasteiger partial charge is 0.319 e. The Kier molecular flexibility index (Phi) is 7.42. The monoisotopic (exact) mass is 373 g/mol. The first kappa shape index (κ1) is 21.0. The number of hydrogen-bond donors (Lipinski definition) is 3. The van der Waals surface area contributed by atoms with Crippen molar-refractivity contribution in [1.82, 2.24) is 10.2 Å². The Morgan fingerprint density at radius 3 is 2.63 bits per heavy atom. The number of hydrogen-bond acceptors (Lipinski definition) is 3. The van der Waals surface area contributed by atoms with Gasteiger partial charge < -0.3 is 15.7 Å². The van der Waals surface area contributed by atoms with Gasteiger partial charge in [-0.2, -0.15) is 0 Å². The lowest BCUT2D eigenvalue weighted by Gasteiger charge is -2.42. The Bertz CT molecular complexity index is 681. The van der Waals surface area contributed by atoms with Crippen molar-refractivity contribution in [3.63, 3.8) is 0 Å². The quantitative estimate of drug-likeness (QED) is 0.578. The highest BCUT2D eigenvalue weighted by atomic mass is 16.4. The molecule has 27 heavy (non-hydrogen) atoms. The number of benzene rings is 1. The largest absolute Gasteiger partial charge is 0.480 e. The average Bonchev–Trinajstić information content (AvgIpc) is 2.57. The number of allylic oxidation sites excluding steroid dienone is 1. The summed E-state index contributed by atoms with van der Waals surface area (Å²) in [6, 6.07) is 6.14. The normalized spacial score (nSPS) is 18.9. The molecule has 0 radical (unpaired) electrons. The lowest BCUT2D eigenvalue weighted by Crippen LogP contribution is -2.55. The molecule has 0 unspecified atom stereocenters. The van der Waals surface area contributed by atoms with E-state index in [-0.39, 0.29) is 24.7 Å². The van der Waals surface area contributed by atoms with Gasteiger partial charge in [0.2, 0.25) is 0 Å². The zero-order valence-electron chi connectivity index (χ0n) is 16.5. The van der Waals surface area contributed by atoms with Gasteiger partial charge in [0, 0.05) is 17.8 Å². The molecule has 1 aliphatic carbocycles. The number of nitrogens with one attached hydrogen (secondary N) is 2. The summed E-state index contributed by atoms with van der Waals surface area (Å²) in [5.74, 6) is -0.515. The molecule has 1 aromatic rings. The van der Waals surface area contributed by atoms with Gasteiger partial charge in [0.1, 0.15) is 0 Å². The minimum Gasteiger partial charge on any atom is -0.480 e. The second kappa shape index (κ2) is 9.55. The number of carbonyl (C=O) groups excluding carboxylic acids is 1. The van der Waals surface area contributed by atoms with Crippen LogP contribution in [0.15, 0.2) is 30.9 Å². The lowest BCUT2D eigenvalue weighted by atomic mass is 9.85. The lowest BCUT2D eigenvalue weighted by molar-refractivity contribution is -0.139. The van der Waals surface area contributed by atoms with Crippen LogP contribution in [-0.4, -0.2) is 47.2 Å². The van der Waals surface area contributed by atoms with Crippen molar-refractivity contribution in [2.24, 2.45) is 0 Å². The van der Waals surface area contributed by atoms with Gasteiger partial charge in [0.25, 0.3) is 0 Å². The molecular formula is C21H31N3O3. The molecule has 0 bridgehead atoms. The number of para-hydroxylation sites is 1. The molecule has 3 N–H and O–H groups in total. The number of carboxylic acids is 1. The number of nitrogens with zero attached hydrogens (tertiary/aromatic N) is 1. The van der Waals surface area contributed by atoms with Crippen molar-refractivity contribution < 1.29 is 14.7 Å². The zero-order chi connectivity index (χ0) is 20.0. The predicted molar refractivity (Wildman–Crippen MR) is 108 cm³/mol. The van der Waals surface area contributed by atoms with Crippen LogP contribution in [0, 0.1) is 0 Å². The number of anilines is 1. The van der Waals surface area contributed by atoms with Crippen molar-refractivity contribution in [1.29, 1.82) is 0 Å². The van der Waals surface area contributed by atoms with Crippen LogP contribution in [0.5, 0.6) is 0 Å². The standard InChI is InChI=1S/C21H31N3O3/c1-5-8-15-9-7-10-18(14(3)4)20(15)23-21(27)22-16-11-17(12-16)24(6-2)13-19(25)26/h5,7,9-10,14,16-17H,1,6,8,11-13H2,2-4H3,(H,25,26)(H2,22,23,27). The van der Waals surface area contributed by atoms with E-state index in [0.29, 0.717) is 18.9 Å². The first-order chi connectivity index (χ1) is 12.8. The molecule has 6 heteroatoms. The molecule has 2 amide bonds. The Hall–Kier alpha value is -2.34. The summed E-state index contributed by atoms with van der Waals surface area (Å²) in [6.45, 7) is 10.7. The fraction of sp³-hybridized carbons (Fsp3) is 0.524. The molecule has 0 spiro atoms. The number of urea groups is 1. The van der Waals surface area contributed by atoms with Crippen molar-refractivity contribution in [2.75, 3.05) is 18.4 Å². The van der Waals surface area contributed by atoms with Crippen LogP contribution < -0.4 is 10.6 Å². The highest BCUT2D eigenvalue weighted by Crippen LogP contribution is 2.29. The Labute approximate surface area is 161 Å². The maximum Gasteiger partial charge on any atom is 0.319 e. The van der Waals surface area contributed by atoms with E-state index in [2.05, 4.69) is 31.1 Å². The molecule has 1 saturated carbocycles. The van der Waals surface area contributed by atoms with E-state index in [0.717, 1.165) is 29.7 Å². The first-order valence-electron chi connectivity index (χ1n) is 9.61.